The van der Waals surface area contributed by atoms with Crippen molar-refractivity contribution in [2.75, 3.05) is 6.54 Å². The van der Waals surface area contributed by atoms with E-state index in [1.807, 2.05) is 26.1 Å². The van der Waals surface area contributed by atoms with Gasteiger partial charge in [0, 0.05) is 18.8 Å². The van der Waals surface area contributed by atoms with Crippen molar-refractivity contribution in [3.8, 4) is 0 Å². The number of nitrogens with zero attached hydrogens (tertiary/aromatic N) is 1. The second-order valence-corrected chi connectivity index (χ2v) is 2.81. The standard InChI is InChI=1S/C10H20N2/c1-4-7-10(11)9(5-2)8-12-6-3/h5,8,10H,4,6-7,11H2,1-3H3/b9-5+,12-8?. The molecule has 0 aromatic heterocycles. The van der Waals surface area contributed by atoms with Crippen molar-refractivity contribution in [2.45, 2.75) is 39.7 Å². The van der Waals surface area contributed by atoms with Crippen molar-refractivity contribution < 1.29 is 0 Å². The minimum absolute atomic E-state index is 0.162. The van der Waals surface area contributed by atoms with Crippen LogP contribution >= 0.6 is 0 Å². The number of nitrogens with two attached hydrogens (primary N) is 1. The summed E-state index contributed by atoms with van der Waals surface area (Å²) in [6.07, 6.45) is 6.09. The Balaban J connectivity index is 4.06. The predicted molar refractivity (Wildman–Crippen MR) is 55.7 cm³/mol. The smallest absolute Gasteiger partial charge is 0.0361 e. The van der Waals surface area contributed by atoms with Gasteiger partial charge in [-0.15, -0.1) is 0 Å². The highest BCUT2D eigenvalue weighted by Gasteiger charge is 2.03. The van der Waals surface area contributed by atoms with Crippen LogP contribution in [0.25, 0.3) is 0 Å². The molecule has 0 amide bonds. The molecule has 0 aliphatic carbocycles. The summed E-state index contributed by atoms with van der Waals surface area (Å²) < 4.78 is 0. The molecule has 0 aliphatic heterocycles. The molecule has 1 unspecified atom stereocenters. The van der Waals surface area contributed by atoms with Crippen LogP contribution in [0.2, 0.25) is 0 Å². The fraction of sp³-hybridized carbons (Fsp3) is 0.700. The first kappa shape index (κ1) is 11.4. The summed E-state index contributed by atoms with van der Waals surface area (Å²) in [6.45, 7) is 7.00. The maximum Gasteiger partial charge on any atom is 0.0361 e. The molecule has 0 heterocycles. The molecular formula is C10H20N2. The van der Waals surface area contributed by atoms with E-state index in [1.54, 1.807) is 0 Å². The van der Waals surface area contributed by atoms with Crippen LogP contribution in [0.4, 0.5) is 0 Å². The van der Waals surface area contributed by atoms with Gasteiger partial charge in [0.2, 0.25) is 0 Å². The third-order valence-corrected chi connectivity index (χ3v) is 1.78. The zero-order valence-electron chi connectivity index (χ0n) is 8.38. The van der Waals surface area contributed by atoms with Crippen LogP contribution in [0.5, 0.6) is 0 Å². The molecule has 0 aromatic carbocycles. The van der Waals surface area contributed by atoms with Gasteiger partial charge in [0.25, 0.3) is 0 Å². The Morgan fingerprint density at radius 1 is 1.50 bits per heavy atom. The third kappa shape index (κ3) is 4.29. The van der Waals surface area contributed by atoms with Crippen LogP contribution in [0.15, 0.2) is 16.6 Å². The van der Waals surface area contributed by atoms with Crippen LogP contribution < -0.4 is 5.73 Å². The zero-order chi connectivity index (χ0) is 9.40. The molecule has 0 aromatic rings. The van der Waals surface area contributed by atoms with Gasteiger partial charge in [-0.2, -0.15) is 0 Å². The van der Waals surface area contributed by atoms with Gasteiger partial charge < -0.3 is 5.73 Å². The van der Waals surface area contributed by atoms with Gasteiger partial charge in [-0.1, -0.05) is 19.4 Å². The molecule has 2 heteroatoms. The Morgan fingerprint density at radius 3 is 2.58 bits per heavy atom. The monoisotopic (exact) mass is 168 g/mol. The SMILES string of the molecule is C/C=C(\C=NCC)C(N)CCC. The van der Waals surface area contributed by atoms with Crippen molar-refractivity contribution in [1.82, 2.24) is 0 Å². The summed E-state index contributed by atoms with van der Waals surface area (Å²) in [4.78, 5) is 4.17. The van der Waals surface area contributed by atoms with E-state index < -0.39 is 0 Å². The van der Waals surface area contributed by atoms with Crippen LogP contribution in [-0.4, -0.2) is 18.8 Å². The average molecular weight is 168 g/mol. The first-order chi connectivity index (χ1) is 5.76. The highest BCUT2D eigenvalue weighted by molar-refractivity contribution is 5.79. The quantitative estimate of drug-likeness (QED) is 0.628. The lowest BCUT2D eigenvalue weighted by Gasteiger charge is -2.10. The number of aliphatic imine (C=N–C) groups is 1. The number of rotatable bonds is 5. The van der Waals surface area contributed by atoms with E-state index in [9.17, 15) is 0 Å². The van der Waals surface area contributed by atoms with E-state index >= 15 is 0 Å². The summed E-state index contributed by atoms with van der Waals surface area (Å²) in [5, 5.41) is 0. The normalized spacial score (nSPS) is 15.5. The van der Waals surface area contributed by atoms with E-state index in [2.05, 4.69) is 11.9 Å². The second kappa shape index (κ2) is 7.04. The minimum Gasteiger partial charge on any atom is -0.324 e. The molecule has 70 valence electrons. The van der Waals surface area contributed by atoms with Crippen molar-refractivity contribution in [3.63, 3.8) is 0 Å². The average Bonchev–Trinajstić information content (AvgIpc) is 2.06. The highest BCUT2D eigenvalue weighted by Crippen LogP contribution is 2.03. The molecule has 0 fully saturated rings. The Hall–Kier alpha value is -0.630. The Morgan fingerprint density at radius 2 is 2.17 bits per heavy atom. The van der Waals surface area contributed by atoms with Gasteiger partial charge in [-0.05, 0) is 25.8 Å². The van der Waals surface area contributed by atoms with E-state index in [0.29, 0.717) is 0 Å². The van der Waals surface area contributed by atoms with Crippen LogP contribution in [0, 0.1) is 0 Å². The summed E-state index contributed by atoms with van der Waals surface area (Å²) >= 11 is 0. The van der Waals surface area contributed by atoms with Crippen LogP contribution in [0.3, 0.4) is 0 Å². The summed E-state index contributed by atoms with van der Waals surface area (Å²) in [5.41, 5.74) is 7.07. The highest BCUT2D eigenvalue weighted by atomic mass is 14.7. The lowest BCUT2D eigenvalue weighted by Crippen LogP contribution is -2.23. The zero-order valence-corrected chi connectivity index (χ0v) is 8.38. The fourth-order valence-electron chi connectivity index (χ4n) is 1.06. The van der Waals surface area contributed by atoms with E-state index in [4.69, 9.17) is 5.73 Å². The summed E-state index contributed by atoms with van der Waals surface area (Å²) in [7, 11) is 0. The Kier molecular flexibility index (Phi) is 6.67. The molecule has 2 nitrogen and oxygen atoms in total. The topological polar surface area (TPSA) is 38.4 Å². The summed E-state index contributed by atoms with van der Waals surface area (Å²) in [5.74, 6) is 0. The first-order valence-electron chi connectivity index (χ1n) is 4.67. The predicted octanol–water partition coefficient (Wildman–Crippen LogP) is 2.15. The second-order valence-electron chi connectivity index (χ2n) is 2.81. The lowest BCUT2D eigenvalue weighted by molar-refractivity contribution is 0.690. The van der Waals surface area contributed by atoms with Gasteiger partial charge in [0.15, 0.2) is 0 Å². The van der Waals surface area contributed by atoms with Crippen LogP contribution in [-0.2, 0) is 0 Å². The number of hydrogen-bond acceptors (Lipinski definition) is 2. The van der Waals surface area contributed by atoms with E-state index in [1.165, 1.54) is 0 Å². The third-order valence-electron chi connectivity index (χ3n) is 1.78. The molecule has 0 bridgehead atoms. The molecule has 0 saturated carbocycles. The molecule has 1 atom stereocenters. The van der Waals surface area contributed by atoms with Crippen molar-refractivity contribution in [3.05, 3.63) is 11.6 Å². The molecule has 2 N–H and O–H groups in total. The van der Waals surface area contributed by atoms with Gasteiger partial charge in [-0.3, -0.25) is 4.99 Å². The molecule has 0 aliphatic rings. The van der Waals surface area contributed by atoms with Crippen molar-refractivity contribution in [2.24, 2.45) is 10.7 Å². The summed E-state index contributed by atoms with van der Waals surface area (Å²) in [6, 6.07) is 0.162. The van der Waals surface area contributed by atoms with Gasteiger partial charge >= 0.3 is 0 Å². The van der Waals surface area contributed by atoms with E-state index in [-0.39, 0.29) is 6.04 Å². The largest absolute Gasteiger partial charge is 0.324 e. The van der Waals surface area contributed by atoms with Crippen LogP contribution in [0.1, 0.15) is 33.6 Å². The molecule has 0 radical (unpaired) electrons. The molecule has 0 rings (SSSR count). The van der Waals surface area contributed by atoms with E-state index in [0.717, 1.165) is 25.0 Å². The number of allylic oxidation sites excluding steroid dienone is 1. The lowest BCUT2D eigenvalue weighted by atomic mass is 10.0. The Labute approximate surface area is 75.6 Å². The fourth-order valence-corrected chi connectivity index (χ4v) is 1.06. The number of hydrogen-bond donors (Lipinski definition) is 1. The first-order valence-corrected chi connectivity index (χ1v) is 4.67. The molecule has 12 heavy (non-hydrogen) atoms. The van der Waals surface area contributed by atoms with Gasteiger partial charge in [-0.25, -0.2) is 0 Å². The minimum atomic E-state index is 0.162. The maximum absolute atomic E-state index is 5.92. The Bertz CT molecular complexity index is 159. The van der Waals surface area contributed by atoms with Gasteiger partial charge in [0.1, 0.15) is 0 Å². The van der Waals surface area contributed by atoms with Crippen molar-refractivity contribution in [1.29, 1.82) is 0 Å². The molecule has 0 saturated heterocycles. The molecular weight excluding hydrogens is 148 g/mol. The molecule has 0 spiro atoms. The maximum atomic E-state index is 5.92. The van der Waals surface area contributed by atoms with Gasteiger partial charge in [0.05, 0.1) is 0 Å². The van der Waals surface area contributed by atoms with Crippen molar-refractivity contribution >= 4 is 6.21 Å².